The predicted octanol–water partition coefficient (Wildman–Crippen LogP) is 2.68. The molecule has 6 heteroatoms. The Morgan fingerprint density at radius 3 is 2.55 bits per heavy atom. The average molecular weight is 286 g/mol. The van der Waals surface area contributed by atoms with Gasteiger partial charge < -0.3 is 4.90 Å². The number of aromatic nitrogens is 3. The molecule has 102 valence electrons. The van der Waals surface area contributed by atoms with Crippen LogP contribution in [0.2, 0.25) is 0 Å². The number of para-hydroxylation sites is 1. The van der Waals surface area contributed by atoms with Crippen molar-refractivity contribution in [2.45, 2.75) is 13.8 Å². The number of anilines is 1. The van der Waals surface area contributed by atoms with Crippen molar-refractivity contribution in [1.29, 1.82) is 0 Å². The number of thiazole rings is 1. The lowest BCUT2D eigenvalue weighted by Crippen LogP contribution is -2.26. The highest BCUT2D eigenvalue weighted by atomic mass is 32.1. The molecule has 1 amide bonds. The fourth-order valence-corrected chi connectivity index (χ4v) is 3.27. The first kappa shape index (κ1) is 12.8. The molecule has 0 radical (unpaired) electrons. The summed E-state index contributed by atoms with van der Waals surface area (Å²) in [5, 5.41) is 8.09. The predicted molar refractivity (Wildman–Crippen MR) is 79.5 cm³/mol. The molecule has 3 rings (SSSR count). The quantitative estimate of drug-likeness (QED) is 0.728. The van der Waals surface area contributed by atoms with Gasteiger partial charge in [0.05, 0.1) is 0 Å². The van der Waals surface area contributed by atoms with Gasteiger partial charge in [0.1, 0.15) is 10.7 Å². The molecule has 0 aliphatic rings. The molecule has 0 bridgehead atoms. The third-order valence-corrected chi connectivity index (χ3v) is 4.42. The molecular formula is C14H14N4OS. The van der Waals surface area contributed by atoms with Crippen LogP contribution in [0, 0.1) is 13.8 Å². The number of fused-ring (bicyclic) bond motifs is 1. The first-order chi connectivity index (χ1) is 9.59. The second-order valence-electron chi connectivity index (χ2n) is 4.58. The van der Waals surface area contributed by atoms with E-state index in [-0.39, 0.29) is 5.91 Å². The van der Waals surface area contributed by atoms with Crippen LogP contribution in [-0.4, -0.2) is 27.6 Å². The first-order valence-electron chi connectivity index (χ1n) is 6.24. The standard InChI is InChI=1S/C14H14N4OS/c1-9-12(20-14-16-15-10(2)18(9)14)13(19)17(3)11-7-5-4-6-8-11/h4-8H,1-3H3. The Kier molecular flexibility index (Phi) is 3.02. The minimum atomic E-state index is -0.0244. The van der Waals surface area contributed by atoms with Crippen LogP contribution in [-0.2, 0) is 0 Å². The number of benzene rings is 1. The van der Waals surface area contributed by atoms with Crippen molar-refractivity contribution in [3.05, 3.63) is 46.7 Å². The molecule has 20 heavy (non-hydrogen) atoms. The summed E-state index contributed by atoms with van der Waals surface area (Å²) in [5.41, 5.74) is 1.76. The van der Waals surface area contributed by atoms with Crippen LogP contribution in [0.25, 0.3) is 4.96 Å². The monoisotopic (exact) mass is 286 g/mol. The van der Waals surface area contributed by atoms with Gasteiger partial charge >= 0.3 is 0 Å². The summed E-state index contributed by atoms with van der Waals surface area (Å²) < 4.78 is 1.91. The van der Waals surface area contributed by atoms with Crippen molar-refractivity contribution < 1.29 is 4.79 Å². The highest BCUT2D eigenvalue weighted by Gasteiger charge is 2.21. The molecule has 0 aliphatic heterocycles. The molecule has 0 N–H and O–H groups in total. The van der Waals surface area contributed by atoms with E-state index < -0.39 is 0 Å². The SMILES string of the molecule is Cc1nnc2sc(C(=O)N(C)c3ccccc3)c(C)n12. The van der Waals surface area contributed by atoms with Gasteiger partial charge in [-0.15, -0.1) is 10.2 Å². The van der Waals surface area contributed by atoms with Crippen molar-refractivity contribution in [2.24, 2.45) is 0 Å². The Balaban J connectivity index is 2.03. The highest BCUT2D eigenvalue weighted by Crippen LogP contribution is 2.25. The second kappa shape index (κ2) is 4.72. The van der Waals surface area contributed by atoms with E-state index in [1.807, 2.05) is 48.6 Å². The topological polar surface area (TPSA) is 50.5 Å². The Hall–Kier alpha value is -2.21. The Morgan fingerprint density at radius 1 is 1.20 bits per heavy atom. The molecule has 0 saturated carbocycles. The maximum atomic E-state index is 12.6. The highest BCUT2D eigenvalue weighted by molar-refractivity contribution is 7.19. The first-order valence-corrected chi connectivity index (χ1v) is 7.05. The molecule has 0 saturated heterocycles. The van der Waals surface area contributed by atoms with Crippen LogP contribution in [0.3, 0.4) is 0 Å². The maximum Gasteiger partial charge on any atom is 0.270 e. The summed E-state index contributed by atoms with van der Waals surface area (Å²) in [6, 6.07) is 9.60. The molecule has 3 aromatic rings. The van der Waals surface area contributed by atoms with Gasteiger partial charge in [-0.1, -0.05) is 29.5 Å². The van der Waals surface area contributed by atoms with Gasteiger partial charge in [-0.3, -0.25) is 9.20 Å². The number of aryl methyl sites for hydroxylation is 2. The van der Waals surface area contributed by atoms with Gasteiger partial charge in [0.25, 0.3) is 5.91 Å². The van der Waals surface area contributed by atoms with Gasteiger partial charge in [0, 0.05) is 18.4 Å². The van der Waals surface area contributed by atoms with E-state index in [1.54, 1.807) is 11.9 Å². The van der Waals surface area contributed by atoms with E-state index in [0.29, 0.717) is 4.88 Å². The van der Waals surface area contributed by atoms with Crippen LogP contribution in [0.5, 0.6) is 0 Å². The van der Waals surface area contributed by atoms with Gasteiger partial charge in [-0.2, -0.15) is 0 Å². The van der Waals surface area contributed by atoms with Crippen LogP contribution < -0.4 is 4.90 Å². The molecule has 0 aliphatic carbocycles. The number of carbonyl (C=O) groups is 1. The number of nitrogens with zero attached hydrogens (tertiary/aromatic N) is 4. The lowest BCUT2D eigenvalue weighted by atomic mass is 10.2. The van der Waals surface area contributed by atoms with Crippen LogP contribution >= 0.6 is 11.3 Å². The zero-order chi connectivity index (χ0) is 14.3. The van der Waals surface area contributed by atoms with E-state index in [2.05, 4.69) is 10.2 Å². The third kappa shape index (κ3) is 1.89. The Bertz CT molecular complexity index is 775. The van der Waals surface area contributed by atoms with Crippen molar-refractivity contribution in [1.82, 2.24) is 14.6 Å². The summed E-state index contributed by atoms with van der Waals surface area (Å²) in [4.78, 5) is 15.7. The summed E-state index contributed by atoms with van der Waals surface area (Å²) in [7, 11) is 1.78. The molecule has 0 unspecified atom stereocenters. The van der Waals surface area contributed by atoms with Crippen molar-refractivity contribution in [3.63, 3.8) is 0 Å². The fourth-order valence-electron chi connectivity index (χ4n) is 2.18. The number of hydrogen-bond donors (Lipinski definition) is 0. The second-order valence-corrected chi connectivity index (χ2v) is 5.56. The normalized spacial score (nSPS) is 10.9. The van der Waals surface area contributed by atoms with Gasteiger partial charge in [-0.25, -0.2) is 0 Å². The fraction of sp³-hybridized carbons (Fsp3) is 0.214. The minimum Gasteiger partial charge on any atom is -0.311 e. The van der Waals surface area contributed by atoms with Gasteiger partial charge in [0.2, 0.25) is 4.96 Å². The summed E-state index contributed by atoms with van der Waals surface area (Å²) >= 11 is 1.37. The Morgan fingerprint density at radius 2 is 1.90 bits per heavy atom. The third-order valence-electron chi connectivity index (χ3n) is 3.29. The van der Waals surface area contributed by atoms with Gasteiger partial charge in [0.15, 0.2) is 0 Å². The van der Waals surface area contributed by atoms with Crippen molar-refractivity contribution >= 4 is 27.9 Å². The van der Waals surface area contributed by atoms with E-state index in [0.717, 1.165) is 22.2 Å². The molecule has 2 aromatic heterocycles. The average Bonchev–Trinajstić information content (AvgIpc) is 3.00. The van der Waals surface area contributed by atoms with Crippen LogP contribution in [0.1, 0.15) is 21.2 Å². The Labute approximate surface area is 120 Å². The van der Waals surface area contributed by atoms with Crippen LogP contribution in [0.15, 0.2) is 30.3 Å². The van der Waals surface area contributed by atoms with E-state index in [9.17, 15) is 4.79 Å². The van der Waals surface area contributed by atoms with E-state index in [4.69, 9.17) is 0 Å². The molecule has 2 heterocycles. The molecule has 0 atom stereocenters. The number of hydrogen-bond acceptors (Lipinski definition) is 4. The zero-order valence-corrected chi connectivity index (χ0v) is 12.3. The summed E-state index contributed by atoms with van der Waals surface area (Å²) in [5.74, 6) is 0.777. The lowest BCUT2D eigenvalue weighted by Gasteiger charge is -2.16. The summed E-state index contributed by atoms with van der Waals surface area (Å²) in [6.07, 6.45) is 0. The van der Waals surface area contributed by atoms with E-state index in [1.165, 1.54) is 11.3 Å². The van der Waals surface area contributed by atoms with Gasteiger partial charge in [-0.05, 0) is 26.0 Å². The number of rotatable bonds is 2. The van der Waals surface area contributed by atoms with Crippen molar-refractivity contribution in [2.75, 3.05) is 11.9 Å². The molecule has 0 spiro atoms. The molecule has 5 nitrogen and oxygen atoms in total. The zero-order valence-electron chi connectivity index (χ0n) is 11.5. The lowest BCUT2D eigenvalue weighted by molar-refractivity contribution is 0.0996. The molecular weight excluding hydrogens is 272 g/mol. The smallest absolute Gasteiger partial charge is 0.270 e. The molecule has 0 fully saturated rings. The summed E-state index contributed by atoms with van der Waals surface area (Å²) in [6.45, 7) is 3.81. The van der Waals surface area contributed by atoms with Crippen molar-refractivity contribution in [3.8, 4) is 0 Å². The van der Waals surface area contributed by atoms with Crippen LogP contribution in [0.4, 0.5) is 5.69 Å². The minimum absolute atomic E-state index is 0.0244. The molecule has 1 aromatic carbocycles. The number of amides is 1. The number of carbonyl (C=O) groups excluding carboxylic acids is 1. The maximum absolute atomic E-state index is 12.6. The van der Waals surface area contributed by atoms with E-state index >= 15 is 0 Å². The largest absolute Gasteiger partial charge is 0.311 e.